The largest absolute Gasteiger partial charge is 0.365 e. The van der Waals surface area contributed by atoms with Gasteiger partial charge in [0.1, 0.15) is 5.00 Å². The molecule has 0 radical (unpaired) electrons. The van der Waals surface area contributed by atoms with Crippen molar-refractivity contribution in [3.63, 3.8) is 0 Å². The standard InChI is InChI=1S/C20H16N6O6S3/c21-17(27)16-12-7-8-24(20(33)22-10-1-3-11(4-2-10)25(29)30)9-14(12)35-19(16)23-18(28)13-5-6-15(34-13)26(31)32/h1-6H,7-9H2,(H2,21,27)(H,22,33)(H,23,28). The molecule has 4 N–H and O–H groups in total. The fourth-order valence-corrected chi connectivity index (χ4v) is 5.76. The molecule has 0 fully saturated rings. The molecule has 4 rings (SSSR count). The number of thiocarbonyl (C=S) groups is 1. The van der Waals surface area contributed by atoms with Crippen LogP contribution >= 0.6 is 34.9 Å². The van der Waals surface area contributed by atoms with Crippen LogP contribution in [0.4, 0.5) is 21.4 Å². The first-order valence-corrected chi connectivity index (χ1v) is 12.0. The zero-order chi connectivity index (χ0) is 25.3. The number of anilines is 2. The van der Waals surface area contributed by atoms with Crippen molar-refractivity contribution < 1.29 is 19.4 Å². The Labute approximate surface area is 210 Å². The van der Waals surface area contributed by atoms with Crippen LogP contribution in [0, 0.1) is 20.2 Å². The number of nitro groups is 2. The highest BCUT2D eigenvalue weighted by molar-refractivity contribution is 7.80. The number of nitrogens with zero attached hydrogens (tertiary/aromatic N) is 3. The number of nitro benzene ring substituents is 1. The second-order valence-corrected chi connectivity index (χ2v) is 9.88. The van der Waals surface area contributed by atoms with E-state index >= 15 is 0 Å². The van der Waals surface area contributed by atoms with Gasteiger partial charge in [0, 0.05) is 35.3 Å². The Morgan fingerprint density at radius 3 is 2.34 bits per heavy atom. The van der Waals surface area contributed by atoms with E-state index in [0.29, 0.717) is 30.3 Å². The molecule has 0 saturated heterocycles. The summed E-state index contributed by atoms with van der Waals surface area (Å²) in [5.41, 5.74) is 7.11. The van der Waals surface area contributed by atoms with Crippen molar-refractivity contribution in [3.05, 3.63) is 77.5 Å². The number of nitrogens with one attached hydrogen (secondary N) is 2. The highest BCUT2D eigenvalue weighted by atomic mass is 32.1. The second kappa shape index (κ2) is 9.73. The van der Waals surface area contributed by atoms with Gasteiger partial charge >= 0.3 is 5.00 Å². The van der Waals surface area contributed by atoms with Gasteiger partial charge in [-0.05, 0) is 42.4 Å². The van der Waals surface area contributed by atoms with Crippen LogP contribution in [-0.2, 0) is 13.0 Å². The number of hydrogen-bond donors (Lipinski definition) is 3. The molecule has 12 nitrogen and oxygen atoms in total. The summed E-state index contributed by atoms with van der Waals surface area (Å²) in [5.74, 6) is -1.26. The maximum absolute atomic E-state index is 12.6. The van der Waals surface area contributed by atoms with Crippen LogP contribution in [0.2, 0.25) is 0 Å². The Hall–Kier alpha value is -3.95. The summed E-state index contributed by atoms with van der Waals surface area (Å²) in [6.45, 7) is 0.840. The number of carbonyl (C=O) groups is 2. The molecule has 1 aliphatic rings. The number of benzene rings is 1. The Kier molecular flexibility index (Phi) is 6.72. The van der Waals surface area contributed by atoms with Gasteiger partial charge in [0.05, 0.1) is 26.8 Å². The number of fused-ring (bicyclic) bond motifs is 1. The first kappa shape index (κ1) is 24.2. The van der Waals surface area contributed by atoms with Crippen molar-refractivity contribution in [2.75, 3.05) is 17.2 Å². The van der Waals surface area contributed by atoms with Crippen LogP contribution in [0.1, 0.15) is 30.5 Å². The summed E-state index contributed by atoms with van der Waals surface area (Å²) >= 11 is 7.41. The molecule has 1 aromatic carbocycles. The van der Waals surface area contributed by atoms with Crippen molar-refractivity contribution in [1.82, 2.24) is 4.90 Å². The maximum Gasteiger partial charge on any atom is 0.324 e. The van der Waals surface area contributed by atoms with E-state index in [1.54, 1.807) is 12.1 Å². The van der Waals surface area contributed by atoms with Gasteiger partial charge in [0.25, 0.3) is 17.5 Å². The summed E-state index contributed by atoms with van der Waals surface area (Å²) in [5, 5.41) is 27.9. The minimum atomic E-state index is -0.685. The van der Waals surface area contributed by atoms with Gasteiger partial charge in [-0.25, -0.2) is 0 Å². The lowest BCUT2D eigenvalue weighted by molar-refractivity contribution is -0.384. The van der Waals surface area contributed by atoms with Gasteiger partial charge in [-0.2, -0.15) is 0 Å². The van der Waals surface area contributed by atoms with Gasteiger partial charge in [-0.3, -0.25) is 29.8 Å². The van der Waals surface area contributed by atoms with Gasteiger partial charge in [0.15, 0.2) is 5.11 Å². The van der Waals surface area contributed by atoms with Crippen molar-refractivity contribution in [2.24, 2.45) is 5.73 Å². The van der Waals surface area contributed by atoms with E-state index in [1.807, 2.05) is 4.90 Å². The summed E-state index contributed by atoms with van der Waals surface area (Å²) in [4.78, 5) is 48.3. The quantitative estimate of drug-likeness (QED) is 0.243. The molecule has 0 unspecified atom stereocenters. The predicted molar refractivity (Wildman–Crippen MR) is 135 cm³/mol. The van der Waals surface area contributed by atoms with Crippen LogP contribution in [0.5, 0.6) is 0 Å². The summed E-state index contributed by atoms with van der Waals surface area (Å²) in [7, 11) is 0. The number of primary amides is 1. The molecule has 1 aliphatic heterocycles. The number of thiophene rings is 2. The Balaban J connectivity index is 1.50. The van der Waals surface area contributed by atoms with E-state index in [2.05, 4.69) is 10.6 Å². The van der Waals surface area contributed by atoms with E-state index < -0.39 is 21.7 Å². The fraction of sp³-hybridized carbons (Fsp3) is 0.150. The fourth-order valence-electron chi connectivity index (χ4n) is 3.51. The van der Waals surface area contributed by atoms with Gasteiger partial charge in [-0.15, -0.1) is 11.3 Å². The van der Waals surface area contributed by atoms with E-state index in [-0.39, 0.29) is 26.1 Å². The van der Waals surface area contributed by atoms with Crippen LogP contribution in [0.25, 0.3) is 0 Å². The highest BCUT2D eigenvalue weighted by Gasteiger charge is 2.29. The van der Waals surface area contributed by atoms with Crippen molar-refractivity contribution in [3.8, 4) is 0 Å². The average Bonchev–Trinajstić information content (AvgIpc) is 3.44. The molecule has 0 aliphatic carbocycles. The van der Waals surface area contributed by atoms with Crippen molar-refractivity contribution in [1.29, 1.82) is 0 Å². The smallest absolute Gasteiger partial charge is 0.324 e. The van der Waals surface area contributed by atoms with Crippen LogP contribution < -0.4 is 16.4 Å². The second-order valence-electron chi connectivity index (χ2n) is 7.33. The first-order valence-electron chi connectivity index (χ1n) is 9.94. The molecule has 180 valence electrons. The molecule has 3 aromatic rings. The lowest BCUT2D eigenvalue weighted by atomic mass is 10.0. The van der Waals surface area contributed by atoms with E-state index in [1.165, 1.54) is 35.6 Å². The average molecular weight is 533 g/mol. The maximum atomic E-state index is 12.6. The monoisotopic (exact) mass is 532 g/mol. The normalized spacial score (nSPS) is 12.5. The van der Waals surface area contributed by atoms with Gasteiger partial charge in [0.2, 0.25) is 0 Å². The number of carbonyl (C=O) groups excluding carboxylic acids is 2. The lowest BCUT2D eigenvalue weighted by Gasteiger charge is -2.29. The van der Waals surface area contributed by atoms with Crippen LogP contribution in [-0.4, -0.2) is 38.2 Å². The SMILES string of the molecule is NC(=O)c1c(NC(=O)c2ccc([N+](=O)[O-])s2)sc2c1CCN(C(=S)Nc1ccc([N+](=O)[O-])cc1)C2. The molecule has 0 bridgehead atoms. The third kappa shape index (κ3) is 5.11. The Bertz CT molecular complexity index is 1370. The third-order valence-electron chi connectivity index (χ3n) is 5.14. The van der Waals surface area contributed by atoms with E-state index in [4.69, 9.17) is 18.0 Å². The van der Waals surface area contributed by atoms with Crippen LogP contribution in [0.3, 0.4) is 0 Å². The topological polar surface area (TPSA) is 174 Å². The molecule has 0 spiro atoms. The van der Waals surface area contributed by atoms with E-state index in [0.717, 1.165) is 21.8 Å². The minimum absolute atomic E-state index is 0.0339. The van der Waals surface area contributed by atoms with Crippen LogP contribution in [0.15, 0.2) is 36.4 Å². The number of rotatable bonds is 6. The molecule has 3 heterocycles. The summed E-state index contributed by atoms with van der Waals surface area (Å²) in [6.07, 6.45) is 0.451. The molecular weight excluding hydrogens is 516 g/mol. The van der Waals surface area contributed by atoms with Gasteiger partial charge < -0.3 is 21.3 Å². The molecule has 35 heavy (non-hydrogen) atoms. The molecule has 0 saturated carbocycles. The molecule has 2 aromatic heterocycles. The molecule has 15 heteroatoms. The number of amides is 2. The van der Waals surface area contributed by atoms with E-state index in [9.17, 15) is 29.8 Å². The van der Waals surface area contributed by atoms with Crippen molar-refractivity contribution >= 4 is 73.2 Å². The zero-order valence-corrected chi connectivity index (χ0v) is 20.1. The Morgan fingerprint density at radius 2 is 1.74 bits per heavy atom. The van der Waals surface area contributed by atoms with Gasteiger partial charge in [-0.1, -0.05) is 11.3 Å². The third-order valence-corrected chi connectivity index (χ3v) is 7.67. The first-order chi connectivity index (χ1) is 16.6. The predicted octanol–water partition coefficient (Wildman–Crippen LogP) is 3.73. The number of nitrogens with two attached hydrogens (primary N) is 1. The molecule has 0 atom stereocenters. The minimum Gasteiger partial charge on any atom is -0.365 e. The zero-order valence-electron chi connectivity index (χ0n) is 17.7. The molecular formula is C20H16N6O6S3. The molecule has 2 amide bonds. The summed E-state index contributed by atoms with van der Waals surface area (Å²) < 4.78 is 0. The summed E-state index contributed by atoms with van der Waals surface area (Å²) in [6, 6.07) is 8.44. The highest BCUT2D eigenvalue weighted by Crippen LogP contribution is 2.38. The number of non-ortho nitro benzene ring substituents is 1. The Morgan fingerprint density at radius 1 is 1.03 bits per heavy atom. The number of hydrogen-bond acceptors (Lipinski definition) is 9. The lowest BCUT2D eigenvalue weighted by Crippen LogP contribution is -2.38. The van der Waals surface area contributed by atoms with Crippen molar-refractivity contribution in [2.45, 2.75) is 13.0 Å².